The zero-order chi connectivity index (χ0) is 75.2. The van der Waals surface area contributed by atoms with E-state index in [9.17, 15) is 44.3 Å². The molecule has 9 N–H and O–H groups in total. The summed E-state index contributed by atoms with van der Waals surface area (Å²) in [6.45, 7) is 15.7. The maximum Gasteiger partial charge on any atom is 0.406 e. The molecule has 44 heteroatoms. The van der Waals surface area contributed by atoms with Crippen LogP contribution in [-0.2, 0) is 38.6 Å². The van der Waals surface area contributed by atoms with Gasteiger partial charge in [0.25, 0.3) is 0 Å². The van der Waals surface area contributed by atoms with E-state index in [-0.39, 0.29) is 98.5 Å². The van der Waals surface area contributed by atoms with Crippen LogP contribution < -0.4 is 57.7 Å². The van der Waals surface area contributed by atoms with Crippen molar-refractivity contribution >= 4 is 98.2 Å². The summed E-state index contributed by atoms with van der Waals surface area (Å²) in [4.78, 5) is 87.3. The summed E-state index contributed by atoms with van der Waals surface area (Å²) >= 11 is 6.00. The fourth-order valence-corrected chi connectivity index (χ4v) is 12.8. The van der Waals surface area contributed by atoms with E-state index < -0.39 is 38.2 Å². The maximum absolute atomic E-state index is 13.8. The fourth-order valence-electron chi connectivity index (χ4n) is 12.6. The molecule has 106 heavy (non-hydrogen) atoms. The highest BCUT2D eigenvalue weighted by atomic mass is 35.5. The summed E-state index contributed by atoms with van der Waals surface area (Å²) in [7, 11) is 0. The minimum atomic E-state index is -4.52. The Morgan fingerprint density at radius 1 is 0.462 bits per heavy atom. The SMILES string of the molecule is CC(=O)N1CCN(c2nc3c(N4CCOCC4)nc(-c4cnc(N)nc4)nc3n2CC(F)(F)F)C[C@H]1C.C[C@@H]1CN(c2nc3c(N4CCOCC4)nc(-c4cnc(N)nc4)nc3n2CC(F)(F)F)CCN1.C[C@@H]1CNCCN1.Nc1ncc(-c2nc(N3CCOCC3)c3nc(Cl)n(CC(F)(F)F)c3n2)cn1. The molecular formula is C62H78ClF9N30O4. The summed E-state index contributed by atoms with van der Waals surface area (Å²) < 4.78 is 141. The van der Waals surface area contributed by atoms with Crippen molar-refractivity contribution in [2.45, 2.75) is 84.0 Å². The number of carbonyl (C=O) groups excluding carboxylic acids is 1. The topological polar surface area (TPSA) is 386 Å². The van der Waals surface area contributed by atoms with E-state index in [1.54, 1.807) is 9.80 Å². The van der Waals surface area contributed by atoms with E-state index in [1.807, 2.05) is 33.4 Å². The predicted molar refractivity (Wildman–Crippen MR) is 374 cm³/mol. The van der Waals surface area contributed by atoms with Crippen LogP contribution in [0.4, 0.5) is 86.7 Å². The van der Waals surface area contributed by atoms with Crippen LogP contribution in [0.2, 0.25) is 5.28 Å². The van der Waals surface area contributed by atoms with Crippen molar-refractivity contribution in [2.24, 2.45) is 0 Å². The van der Waals surface area contributed by atoms with Gasteiger partial charge in [0.05, 0.1) is 56.3 Å². The first-order valence-electron chi connectivity index (χ1n) is 34.0. The van der Waals surface area contributed by atoms with Gasteiger partial charge in [0, 0.05) is 160 Å². The zero-order valence-corrected chi connectivity index (χ0v) is 58.8. The first-order valence-corrected chi connectivity index (χ1v) is 34.3. The molecule has 15 rings (SSSR count). The van der Waals surface area contributed by atoms with Gasteiger partial charge in [-0.3, -0.25) is 18.5 Å². The summed E-state index contributed by atoms with van der Waals surface area (Å²) in [5, 5.41) is 9.58. The van der Waals surface area contributed by atoms with Crippen LogP contribution in [0, 0.1) is 0 Å². The van der Waals surface area contributed by atoms with Gasteiger partial charge in [-0.25, -0.2) is 74.8 Å². The van der Waals surface area contributed by atoms with Gasteiger partial charge in [0.1, 0.15) is 19.6 Å². The summed E-state index contributed by atoms with van der Waals surface area (Å²) in [6.07, 6.45) is -4.91. The lowest BCUT2D eigenvalue weighted by Crippen LogP contribution is -2.54. The minimum Gasteiger partial charge on any atom is -0.378 e. The van der Waals surface area contributed by atoms with Gasteiger partial charge >= 0.3 is 18.5 Å². The summed E-state index contributed by atoms with van der Waals surface area (Å²) in [5.41, 5.74) is 18.9. The van der Waals surface area contributed by atoms with E-state index in [1.165, 1.54) is 44.1 Å². The normalized spacial score (nSPS) is 19.2. The molecule has 9 aromatic heterocycles. The number of amides is 1. The number of carbonyl (C=O) groups is 1. The number of nitrogens with two attached hydrogens (primary N) is 3. The molecule has 570 valence electrons. The Morgan fingerprint density at radius 3 is 1.17 bits per heavy atom. The second-order valence-electron chi connectivity index (χ2n) is 25.6. The molecule has 0 unspecified atom stereocenters. The number of ether oxygens (including phenoxy) is 3. The lowest BCUT2D eigenvalue weighted by Gasteiger charge is -2.40. The van der Waals surface area contributed by atoms with Crippen LogP contribution in [-0.4, -0.2) is 274 Å². The number of nitrogens with zero attached hydrogens (tertiary/aromatic N) is 24. The first kappa shape index (κ1) is 75.8. The molecule has 0 saturated carbocycles. The maximum atomic E-state index is 13.8. The van der Waals surface area contributed by atoms with Gasteiger partial charge in [-0.15, -0.1) is 0 Å². The molecule has 6 fully saturated rings. The zero-order valence-electron chi connectivity index (χ0n) is 58.0. The number of piperazine rings is 3. The molecule has 1 amide bonds. The smallest absolute Gasteiger partial charge is 0.378 e. The molecule has 34 nitrogen and oxygen atoms in total. The van der Waals surface area contributed by atoms with Gasteiger partial charge in [0.15, 0.2) is 68.4 Å². The van der Waals surface area contributed by atoms with Gasteiger partial charge in [-0.05, 0) is 32.4 Å². The van der Waals surface area contributed by atoms with Crippen molar-refractivity contribution in [3.05, 3.63) is 42.5 Å². The molecular weight excluding hydrogens is 1440 g/mol. The highest BCUT2D eigenvalue weighted by Gasteiger charge is 2.39. The van der Waals surface area contributed by atoms with Crippen LogP contribution in [0.3, 0.4) is 0 Å². The Hall–Kier alpha value is -9.82. The number of morpholine rings is 3. The molecule has 0 aliphatic carbocycles. The molecule has 6 aliphatic rings. The lowest BCUT2D eigenvalue weighted by atomic mass is 10.2. The number of imidazole rings is 3. The van der Waals surface area contributed by atoms with Crippen molar-refractivity contribution in [2.75, 3.05) is 180 Å². The van der Waals surface area contributed by atoms with Crippen molar-refractivity contribution in [1.82, 2.24) is 109 Å². The Kier molecular flexibility index (Phi) is 23.3. The quantitative estimate of drug-likeness (QED) is 0.0790. The van der Waals surface area contributed by atoms with Crippen molar-refractivity contribution in [3.8, 4) is 34.2 Å². The van der Waals surface area contributed by atoms with E-state index in [0.29, 0.717) is 164 Å². The molecule has 6 aliphatic heterocycles. The molecule has 6 saturated heterocycles. The van der Waals surface area contributed by atoms with E-state index in [2.05, 4.69) is 97.6 Å². The monoisotopic (exact) mass is 1510 g/mol. The average molecular weight is 1510 g/mol. The number of hydrogen-bond acceptors (Lipinski definition) is 30. The Balaban J connectivity index is 0.000000143. The second-order valence-corrected chi connectivity index (χ2v) is 25.9. The highest BCUT2D eigenvalue weighted by molar-refractivity contribution is 6.29. The molecule has 0 spiro atoms. The average Bonchev–Trinajstić information content (AvgIpc) is 1.59. The predicted octanol–water partition coefficient (Wildman–Crippen LogP) is 3.87. The minimum absolute atomic E-state index is 0.0226. The number of nitrogen functional groups attached to an aromatic ring is 3. The van der Waals surface area contributed by atoms with Crippen molar-refractivity contribution in [1.29, 1.82) is 0 Å². The van der Waals surface area contributed by atoms with E-state index >= 15 is 0 Å². The molecule has 3 atom stereocenters. The van der Waals surface area contributed by atoms with Crippen LogP contribution in [0.25, 0.3) is 67.7 Å². The van der Waals surface area contributed by atoms with E-state index in [4.69, 9.17) is 43.0 Å². The van der Waals surface area contributed by atoms with Crippen LogP contribution in [0.15, 0.2) is 37.2 Å². The summed E-state index contributed by atoms with van der Waals surface area (Å²) in [5.74, 6) is 2.26. The third kappa shape index (κ3) is 18.5. The Morgan fingerprint density at radius 2 is 0.830 bits per heavy atom. The standard InChI is InChI=1S/C22H27F3N10O2.C20H25F3N10O.C15H14ClF3N8O.C5H12N2/c1-13-11-33(3-4-34(13)14(2)36)21-29-16-18(32-5-7-37-8-6-32)30-17(15-9-27-20(26)28-10-15)31-19(16)35(21)12-22(23,24)25;1-12-10-32(3-2-25-12)19-28-14-16(31-4-6-34-7-5-31)29-15(13-8-26-18(24)27-9-13)30-17(14)33(19)11-20(21,22)23;16-13-23-9-11(26-1-3-28-4-2-26)24-10(8-5-21-14(20)22-6-8)25-12(9)27(13)7-15(17,18)19;1-5-4-6-2-3-7-5/h9-10,13H,3-8,11-12H2,1-2H3,(H2,26,27,28);8-9,12,25H,2-7,10-11H2,1H3,(H2,24,26,27);5-6H,1-4,7H2,(H2,20,21,22);5-7H,2-4H2,1H3/t13-;12-;;5-/m11.1/s1. The van der Waals surface area contributed by atoms with Crippen molar-refractivity contribution < 1.29 is 58.5 Å². The number of rotatable bonds is 11. The van der Waals surface area contributed by atoms with Crippen LogP contribution in [0.5, 0.6) is 0 Å². The van der Waals surface area contributed by atoms with Gasteiger partial charge in [0.2, 0.25) is 40.9 Å². The highest BCUT2D eigenvalue weighted by Crippen LogP contribution is 2.38. The largest absolute Gasteiger partial charge is 0.406 e. The number of halogens is 10. The van der Waals surface area contributed by atoms with Gasteiger partial charge in [-0.1, -0.05) is 0 Å². The van der Waals surface area contributed by atoms with Gasteiger partial charge in [-0.2, -0.15) is 39.5 Å². The third-order valence-corrected chi connectivity index (χ3v) is 17.9. The molecule has 0 aromatic carbocycles. The number of fused-ring (bicyclic) bond motifs is 3. The van der Waals surface area contributed by atoms with E-state index in [0.717, 1.165) is 33.3 Å². The number of aromatic nitrogens is 18. The van der Waals surface area contributed by atoms with Crippen molar-refractivity contribution in [3.63, 3.8) is 0 Å². The Labute approximate surface area is 604 Å². The number of nitrogens with one attached hydrogen (secondary N) is 3. The molecule has 0 radical (unpaired) electrons. The number of hydrogen-bond donors (Lipinski definition) is 6. The first-order chi connectivity index (χ1) is 50.6. The number of anilines is 8. The molecule has 15 heterocycles. The lowest BCUT2D eigenvalue weighted by molar-refractivity contribution is -0.140. The Bertz CT molecular complexity index is 4470. The number of alkyl halides is 9. The third-order valence-electron chi connectivity index (χ3n) is 17.6. The second kappa shape index (κ2) is 32.5. The fraction of sp³-hybridized carbons (Fsp3) is 0.548. The van der Waals surface area contributed by atoms with Gasteiger partial charge < -0.3 is 76.8 Å². The van der Waals surface area contributed by atoms with Crippen LogP contribution in [0.1, 0.15) is 27.7 Å². The van der Waals surface area contributed by atoms with Crippen LogP contribution >= 0.6 is 11.6 Å². The molecule has 0 bridgehead atoms. The molecule has 9 aromatic rings. The summed E-state index contributed by atoms with van der Waals surface area (Å²) in [6, 6.07) is 0.589.